The summed E-state index contributed by atoms with van der Waals surface area (Å²) in [6.07, 6.45) is -0.108. The normalized spacial score (nSPS) is 14.7. The maximum absolute atomic E-state index is 9.87. The number of hydrogen-bond donors (Lipinski definition) is 1. The zero-order chi connectivity index (χ0) is 15.4. The number of ether oxygens (including phenoxy) is 2. The van der Waals surface area contributed by atoms with Gasteiger partial charge < -0.3 is 19.2 Å². The van der Waals surface area contributed by atoms with Crippen LogP contribution in [0.4, 0.5) is 0 Å². The molecule has 4 nitrogen and oxygen atoms in total. The minimum absolute atomic E-state index is 0.108. The van der Waals surface area contributed by atoms with Crippen molar-refractivity contribution in [3.63, 3.8) is 0 Å². The summed E-state index contributed by atoms with van der Waals surface area (Å²) in [6, 6.07) is 15.7. The maximum atomic E-state index is 9.87. The number of hydrogen-bond acceptors (Lipinski definition) is 4. The van der Waals surface area contributed by atoms with Gasteiger partial charge in [0.2, 0.25) is 0 Å². The Kier molecular flexibility index (Phi) is 4.78. The third kappa shape index (κ3) is 3.50. The van der Waals surface area contributed by atoms with Crippen LogP contribution < -0.4 is 10.2 Å². The van der Waals surface area contributed by atoms with Gasteiger partial charge in [-0.05, 0) is 24.1 Å². The topological polar surface area (TPSA) is 47.9 Å². The number of fused-ring (bicyclic) bond motifs is 1. The Bertz CT molecular complexity index is 617. The molecule has 0 radical (unpaired) electrons. The van der Waals surface area contributed by atoms with E-state index in [0.717, 1.165) is 16.6 Å². The first-order valence-corrected chi connectivity index (χ1v) is 7.44. The molecule has 0 amide bonds. The standard InChI is InChI=1S/C17H19BO4/c1-13(10-20-11-14-6-3-2-4-7-14)22-16-9-5-8-15-12-21-18(19)17(15)16/h2-9,13,19H,10-12H2,1H3. The average molecular weight is 298 g/mol. The van der Waals surface area contributed by atoms with Gasteiger partial charge >= 0.3 is 7.12 Å². The molecule has 1 unspecified atom stereocenters. The van der Waals surface area contributed by atoms with Gasteiger partial charge in [-0.1, -0.05) is 42.5 Å². The van der Waals surface area contributed by atoms with Crippen LogP contribution in [0.2, 0.25) is 0 Å². The van der Waals surface area contributed by atoms with Gasteiger partial charge in [-0.2, -0.15) is 0 Å². The van der Waals surface area contributed by atoms with E-state index >= 15 is 0 Å². The first-order valence-electron chi connectivity index (χ1n) is 7.44. The first kappa shape index (κ1) is 15.1. The van der Waals surface area contributed by atoms with Crippen molar-refractivity contribution in [3.05, 3.63) is 59.7 Å². The molecule has 2 aromatic carbocycles. The summed E-state index contributed by atoms with van der Waals surface area (Å²) >= 11 is 0. The largest absolute Gasteiger partial charge is 0.495 e. The molecule has 1 atom stereocenters. The molecule has 114 valence electrons. The van der Waals surface area contributed by atoms with Crippen LogP contribution in [0, 0.1) is 0 Å². The Labute approximate surface area is 130 Å². The molecule has 0 saturated carbocycles. The molecule has 0 saturated heterocycles. The molecule has 0 aromatic heterocycles. The smallest absolute Gasteiger partial charge is 0.489 e. The van der Waals surface area contributed by atoms with Gasteiger partial charge in [-0.3, -0.25) is 0 Å². The highest BCUT2D eigenvalue weighted by Gasteiger charge is 2.31. The van der Waals surface area contributed by atoms with E-state index in [1.54, 1.807) is 0 Å². The van der Waals surface area contributed by atoms with Gasteiger partial charge in [0, 0.05) is 5.46 Å². The Morgan fingerprint density at radius 2 is 2.00 bits per heavy atom. The minimum Gasteiger partial charge on any atom is -0.489 e. The Balaban J connectivity index is 1.54. The first-order chi connectivity index (χ1) is 10.7. The second-order valence-electron chi connectivity index (χ2n) is 5.42. The predicted octanol–water partition coefficient (Wildman–Crippen LogP) is 1.89. The van der Waals surface area contributed by atoms with Gasteiger partial charge in [0.15, 0.2) is 0 Å². The van der Waals surface area contributed by atoms with E-state index in [9.17, 15) is 5.02 Å². The van der Waals surface area contributed by atoms with Crippen LogP contribution in [0.15, 0.2) is 48.5 Å². The Hall–Kier alpha value is -1.82. The van der Waals surface area contributed by atoms with Gasteiger partial charge in [-0.15, -0.1) is 0 Å². The molecule has 1 aliphatic rings. The van der Waals surface area contributed by atoms with Crippen molar-refractivity contribution in [2.24, 2.45) is 0 Å². The van der Waals surface area contributed by atoms with E-state index in [4.69, 9.17) is 14.1 Å². The molecular weight excluding hydrogens is 279 g/mol. The van der Waals surface area contributed by atoms with Crippen LogP contribution in [0.5, 0.6) is 5.75 Å². The van der Waals surface area contributed by atoms with Crippen molar-refractivity contribution in [3.8, 4) is 5.75 Å². The molecule has 1 aliphatic heterocycles. The lowest BCUT2D eigenvalue weighted by Crippen LogP contribution is -2.32. The highest BCUT2D eigenvalue weighted by molar-refractivity contribution is 6.62. The van der Waals surface area contributed by atoms with Crippen LogP contribution in [-0.4, -0.2) is 24.9 Å². The molecule has 5 heteroatoms. The van der Waals surface area contributed by atoms with Crippen LogP contribution >= 0.6 is 0 Å². The monoisotopic (exact) mass is 298 g/mol. The van der Waals surface area contributed by atoms with Crippen molar-refractivity contribution in [1.29, 1.82) is 0 Å². The highest BCUT2D eigenvalue weighted by Crippen LogP contribution is 2.19. The lowest BCUT2D eigenvalue weighted by Gasteiger charge is -2.17. The lowest BCUT2D eigenvalue weighted by atomic mass is 9.79. The fourth-order valence-corrected chi connectivity index (χ4v) is 2.52. The number of benzene rings is 2. The molecule has 2 aromatic rings. The summed E-state index contributed by atoms with van der Waals surface area (Å²) in [7, 11) is -0.899. The summed E-state index contributed by atoms with van der Waals surface area (Å²) in [5.74, 6) is 0.665. The van der Waals surface area contributed by atoms with Crippen molar-refractivity contribution in [2.75, 3.05) is 6.61 Å². The van der Waals surface area contributed by atoms with E-state index in [1.807, 2.05) is 55.5 Å². The summed E-state index contributed by atoms with van der Waals surface area (Å²) in [4.78, 5) is 0. The Morgan fingerprint density at radius 1 is 1.18 bits per heavy atom. The fraction of sp³-hybridized carbons (Fsp3) is 0.294. The third-order valence-corrected chi connectivity index (χ3v) is 3.59. The number of rotatable bonds is 6. The fourth-order valence-electron chi connectivity index (χ4n) is 2.52. The minimum atomic E-state index is -0.899. The molecule has 22 heavy (non-hydrogen) atoms. The van der Waals surface area contributed by atoms with E-state index in [0.29, 0.717) is 25.6 Å². The Morgan fingerprint density at radius 3 is 2.82 bits per heavy atom. The zero-order valence-electron chi connectivity index (χ0n) is 12.6. The third-order valence-electron chi connectivity index (χ3n) is 3.59. The second-order valence-corrected chi connectivity index (χ2v) is 5.42. The molecule has 0 fully saturated rings. The van der Waals surface area contributed by atoms with Crippen LogP contribution in [0.25, 0.3) is 0 Å². The second kappa shape index (κ2) is 6.96. The maximum Gasteiger partial charge on any atom is 0.495 e. The van der Waals surface area contributed by atoms with Gasteiger partial charge in [-0.25, -0.2) is 0 Å². The van der Waals surface area contributed by atoms with E-state index in [1.165, 1.54) is 0 Å². The van der Waals surface area contributed by atoms with Gasteiger partial charge in [0.05, 0.1) is 19.8 Å². The molecule has 0 bridgehead atoms. The zero-order valence-corrected chi connectivity index (χ0v) is 12.6. The van der Waals surface area contributed by atoms with E-state index in [2.05, 4.69) is 0 Å². The van der Waals surface area contributed by atoms with Crippen molar-refractivity contribution in [2.45, 2.75) is 26.2 Å². The van der Waals surface area contributed by atoms with Crippen molar-refractivity contribution < 1.29 is 19.2 Å². The predicted molar refractivity (Wildman–Crippen MR) is 85.0 cm³/mol. The van der Waals surface area contributed by atoms with Crippen LogP contribution in [0.3, 0.4) is 0 Å². The summed E-state index contributed by atoms with van der Waals surface area (Å²) in [5.41, 5.74) is 2.85. The molecule has 0 aliphatic carbocycles. The quantitative estimate of drug-likeness (QED) is 0.827. The lowest BCUT2D eigenvalue weighted by molar-refractivity contribution is 0.0497. The molecule has 1 N–H and O–H groups in total. The molecule has 3 rings (SSSR count). The molecular formula is C17H19BO4. The van der Waals surface area contributed by atoms with Gasteiger partial charge in [0.25, 0.3) is 0 Å². The molecule has 1 heterocycles. The summed E-state index contributed by atoms with van der Waals surface area (Å²) < 4.78 is 16.8. The van der Waals surface area contributed by atoms with Crippen molar-refractivity contribution >= 4 is 12.6 Å². The summed E-state index contributed by atoms with van der Waals surface area (Å²) in [5, 5.41) is 9.87. The van der Waals surface area contributed by atoms with Crippen molar-refractivity contribution in [1.82, 2.24) is 0 Å². The van der Waals surface area contributed by atoms with Crippen LogP contribution in [-0.2, 0) is 22.6 Å². The van der Waals surface area contributed by atoms with E-state index in [-0.39, 0.29) is 6.10 Å². The van der Waals surface area contributed by atoms with E-state index < -0.39 is 7.12 Å². The molecule has 0 spiro atoms. The highest BCUT2D eigenvalue weighted by atomic mass is 16.5. The summed E-state index contributed by atoms with van der Waals surface area (Å²) in [6.45, 7) is 3.42. The average Bonchev–Trinajstić information content (AvgIpc) is 2.91. The SMILES string of the molecule is CC(COCc1ccccc1)Oc1cccc2c1B(O)OC2. The van der Waals surface area contributed by atoms with Crippen LogP contribution in [0.1, 0.15) is 18.1 Å². The van der Waals surface area contributed by atoms with Gasteiger partial charge in [0.1, 0.15) is 11.9 Å².